The summed E-state index contributed by atoms with van der Waals surface area (Å²) in [6.07, 6.45) is 0. The Balaban J connectivity index is 1.86. The molecule has 0 bridgehead atoms. The quantitative estimate of drug-likeness (QED) is 0.640. The van der Waals surface area contributed by atoms with Gasteiger partial charge in [0.05, 0.1) is 0 Å². The lowest BCUT2D eigenvalue weighted by Crippen LogP contribution is -1.92. The molecule has 1 heterocycles. The van der Waals surface area contributed by atoms with Crippen LogP contribution >= 0.6 is 0 Å². The smallest absolute Gasteiger partial charge is 0.231 e. The largest absolute Gasteiger partial charge is 0.454 e. The summed E-state index contributed by atoms with van der Waals surface area (Å²) in [7, 11) is 0. The molecule has 0 unspecified atom stereocenters. The van der Waals surface area contributed by atoms with Crippen molar-refractivity contribution in [2.24, 2.45) is 0 Å². The van der Waals surface area contributed by atoms with Gasteiger partial charge >= 0.3 is 0 Å². The third kappa shape index (κ3) is 1.81. The molecule has 1 aliphatic heterocycles. The minimum absolute atomic E-state index is 0.316. The van der Waals surface area contributed by atoms with Crippen molar-refractivity contribution in [2.75, 3.05) is 6.79 Å². The Kier molecular flexibility index (Phi) is 2.43. The highest BCUT2D eigenvalue weighted by atomic mass is 16.7. The molecule has 2 heteroatoms. The van der Waals surface area contributed by atoms with Crippen molar-refractivity contribution < 1.29 is 9.47 Å². The molecule has 1 aliphatic rings. The Hall–Kier alpha value is -2.48. The Labute approximate surface area is 117 Å². The minimum Gasteiger partial charge on any atom is -0.454 e. The highest BCUT2D eigenvalue weighted by Crippen LogP contribution is 2.37. The van der Waals surface area contributed by atoms with Crippen LogP contribution in [0.4, 0.5) is 0 Å². The monoisotopic (exact) mass is 262 g/mol. The number of benzene rings is 3. The van der Waals surface area contributed by atoms with Gasteiger partial charge in [0.2, 0.25) is 6.79 Å². The predicted octanol–water partition coefficient (Wildman–Crippen LogP) is 4.54. The van der Waals surface area contributed by atoms with E-state index >= 15 is 0 Å². The molecule has 0 radical (unpaired) electrons. The summed E-state index contributed by atoms with van der Waals surface area (Å²) in [4.78, 5) is 0. The first kappa shape index (κ1) is 11.4. The van der Waals surface area contributed by atoms with Crippen molar-refractivity contribution in [2.45, 2.75) is 6.92 Å². The first-order chi connectivity index (χ1) is 9.79. The number of aryl methyl sites for hydroxylation is 1. The average molecular weight is 262 g/mol. The number of ether oxygens (including phenoxy) is 2. The van der Waals surface area contributed by atoms with Crippen molar-refractivity contribution in [3.8, 4) is 22.6 Å². The van der Waals surface area contributed by atoms with Gasteiger partial charge in [0.25, 0.3) is 0 Å². The van der Waals surface area contributed by atoms with Crippen LogP contribution in [0.5, 0.6) is 11.5 Å². The molecule has 0 saturated carbocycles. The van der Waals surface area contributed by atoms with Crippen molar-refractivity contribution in [3.05, 3.63) is 60.2 Å². The van der Waals surface area contributed by atoms with E-state index in [1.807, 2.05) is 6.07 Å². The normalized spacial score (nSPS) is 12.8. The molecular formula is C18H14O2. The fourth-order valence-corrected chi connectivity index (χ4v) is 2.56. The van der Waals surface area contributed by atoms with Crippen molar-refractivity contribution in [1.82, 2.24) is 0 Å². The fraction of sp³-hybridized carbons (Fsp3) is 0.111. The fourth-order valence-electron chi connectivity index (χ4n) is 2.56. The second kappa shape index (κ2) is 4.27. The minimum atomic E-state index is 0.316. The van der Waals surface area contributed by atoms with Crippen LogP contribution in [-0.4, -0.2) is 6.79 Å². The molecule has 0 spiro atoms. The van der Waals surface area contributed by atoms with Gasteiger partial charge < -0.3 is 9.47 Å². The lowest BCUT2D eigenvalue weighted by molar-refractivity contribution is 0.174. The third-order valence-electron chi connectivity index (χ3n) is 3.72. The zero-order valence-electron chi connectivity index (χ0n) is 11.2. The summed E-state index contributed by atoms with van der Waals surface area (Å²) in [5, 5.41) is 2.34. The molecular weight excluding hydrogens is 248 g/mol. The molecule has 0 atom stereocenters. The van der Waals surface area contributed by atoms with E-state index in [9.17, 15) is 0 Å². The summed E-state index contributed by atoms with van der Waals surface area (Å²) >= 11 is 0. The van der Waals surface area contributed by atoms with Gasteiger partial charge in [-0.1, -0.05) is 42.0 Å². The first-order valence-corrected chi connectivity index (χ1v) is 6.70. The third-order valence-corrected chi connectivity index (χ3v) is 3.72. The molecule has 0 saturated heterocycles. The zero-order chi connectivity index (χ0) is 13.5. The second-order valence-electron chi connectivity index (χ2n) is 5.13. The van der Waals surface area contributed by atoms with Crippen LogP contribution in [0.15, 0.2) is 54.6 Å². The number of hydrogen-bond donors (Lipinski definition) is 0. The standard InChI is InChI=1S/C18H14O2/c1-12-2-4-13(5-3-12)14-6-7-15-9-17-18(20-11-19-17)10-16(15)8-14/h2-10H,11H2,1H3. The summed E-state index contributed by atoms with van der Waals surface area (Å²) in [6, 6.07) is 19.2. The summed E-state index contributed by atoms with van der Waals surface area (Å²) in [6.45, 7) is 2.42. The molecule has 0 N–H and O–H groups in total. The lowest BCUT2D eigenvalue weighted by atomic mass is 10.00. The topological polar surface area (TPSA) is 18.5 Å². The molecule has 4 rings (SSSR count). The van der Waals surface area contributed by atoms with Gasteiger partial charge in [-0.15, -0.1) is 0 Å². The van der Waals surface area contributed by atoms with Crippen LogP contribution in [-0.2, 0) is 0 Å². The Morgan fingerprint density at radius 1 is 0.700 bits per heavy atom. The van der Waals surface area contributed by atoms with Crippen molar-refractivity contribution >= 4 is 10.8 Å². The lowest BCUT2D eigenvalue weighted by Gasteiger charge is -2.06. The molecule has 3 aromatic rings. The second-order valence-corrected chi connectivity index (χ2v) is 5.13. The molecule has 0 aromatic heterocycles. The maximum absolute atomic E-state index is 5.45. The van der Waals surface area contributed by atoms with E-state index in [4.69, 9.17) is 9.47 Å². The van der Waals surface area contributed by atoms with Gasteiger partial charge in [-0.25, -0.2) is 0 Å². The summed E-state index contributed by atoms with van der Waals surface area (Å²) in [5.74, 6) is 1.67. The SMILES string of the molecule is Cc1ccc(-c2ccc3cc4c(cc3c2)OCO4)cc1. The molecule has 2 nitrogen and oxygen atoms in total. The van der Waals surface area contributed by atoms with E-state index in [1.165, 1.54) is 27.5 Å². The van der Waals surface area contributed by atoms with Crippen LogP contribution < -0.4 is 9.47 Å². The molecule has 0 amide bonds. The van der Waals surface area contributed by atoms with E-state index in [0.29, 0.717) is 6.79 Å². The van der Waals surface area contributed by atoms with Gasteiger partial charge in [0.15, 0.2) is 11.5 Å². The zero-order valence-corrected chi connectivity index (χ0v) is 11.2. The van der Waals surface area contributed by atoms with Crippen LogP contribution in [0.2, 0.25) is 0 Å². The molecule has 0 aliphatic carbocycles. The molecule has 98 valence electrons. The number of hydrogen-bond acceptors (Lipinski definition) is 2. The van der Waals surface area contributed by atoms with E-state index in [-0.39, 0.29) is 0 Å². The van der Waals surface area contributed by atoms with E-state index in [1.54, 1.807) is 0 Å². The van der Waals surface area contributed by atoms with Gasteiger partial charge in [0.1, 0.15) is 0 Å². The average Bonchev–Trinajstić information content (AvgIpc) is 2.92. The van der Waals surface area contributed by atoms with Gasteiger partial charge in [-0.3, -0.25) is 0 Å². The van der Waals surface area contributed by atoms with Gasteiger partial charge in [-0.05, 0) is 47.0 Å². The maximum atomic E-state index is 5.45. The maximum Gasteiger partial charge on any atom is 0.231 e. The Morgan fingerprint density at radius 2 is 1.35 bits per heavy atom. The van der Waals surface area contributed by atoms with E-state index in [0.717, 1.165) is 11.5 Å². The highest BCUT2D eigenvalue weighted by molar-refractivity contribution is 5.90. The van der Waals surface area contributed by atoms with Crippen LogP contribution in [0.3, 0.4) is 0 Å². The number of fused-ring (bicyclic) bond motifs is 2. The highest BCUT2D eigenvalue weighted by Gasteiger charge is 2.14. The molecule has 0 fully saturated rings. The Morgan fingerprint density at radius 3 is 2.10 bits per heavy atom. The van der Waals surface area contributed by atoms with E-state index < -0.39 is 0 Å². The first-order valence-electron chi connectivity index (χ1n) is 6.70. The predicted molar refractivity (Wildman–Crippen MR) is 80.2 cm³/mol. The van der Waals surface area contributed by atoms with Gasteiger partial charge in [0, 0.05) is 0 Å². The van der Waals surface area contributed by atoms with Crippen LogP contribution in [0.25, 0.3) is 21.9 Å². The Bertz CT molecular complexity index is 788. The van der Waals surface area contributed by atoms with Gasteiger partial charge in [-0.2, -0.15) is 0 Å². The molecule has 20 heavy (non-hydrogen) atoms. The van der Waals surface area contributed by atoms with Crippen molar-refractivity contribution in [3.63, 3.8) is 0 Å². The van der Waals surface area contributed by atoms with Crippen LogP contribution in [0, 0.1) is 6.92 Å². The van der Waals surface area contributed by atoms with Crippen LogP contribution in [0.1, 0.15) is 5.56 Å². The molecule has 3 aromatic carbocycles. The number of rotatable bonds is 1. The van der Waals surface area contributed by atoms with Crippen molar-refractivity contribution in [1.29, 1.82) is 0 Å². The summed E-state index contributed by atoms with van der Waals surface area (Å²) < 4.78 is 10.9. The summed E-state index contributed by atoms with van der Waals surface area (Å²) in [5.41, 5.74) is 3.73. The van der Waals surface area contributed by atoms with E-state index in [2.05, 4.69) is 55.5 Å².